The zero-order valence-electron chi connectivity index (χ0n) is 8.84. The SMILES string of the molecule is Nc1cc(Br)ccc1-n1nnc2ccccc21. The minimum atomic E-state index is 0.662. The highest BCUT2D eigenvalue weighted by Crippen LogP contribution is 2.24. The summed E-state index contributed by atoms with van der Waals surface area (Å²) in [4.78, 5) is 0. The fraction of sp³-hybridized carbons (Fsp3) is 0. The first kappa shape index (κ1) is 10.3. The van der Waals surface area contributed by atoms with Gasteiger partial charge in [-0.3, -0.25) is 0 Å². The van der Waals surface area contributed by atoms with E-state index >= 15 is 0 Å². The molecule has 1 heterocycles. The van der Waals surface area contributed by atoms with Gasteiger partial charge in [0.25, 0.3) is 0 Å². The number of nitrogens with zero attached hydrogens (tertiary/aromatic N) is 3. The van der Waals surface area contributed by atoms with Gasteiger partial charge < -0.3 is 5.73 Å². The first-order valence-electron chi connectivity index (χ1n) is 5.11. The molecule has 84 valence electrons. The van der Waals surface area contributed by atoms with Gasteiger partial charge in [-0.05, 0) is 30.3 Å². The molecule has 0 aliphatic heterocycles. The van der Waals surface area contributed by atoms with Crippen LogP contribution in [0.15, 0.2) is 46.9 Å². The summed E-state index contributed by atoms with van der Waals surface area (Å²) in [5.41, 5.74) is 9.28. The lowest BCUT2D eigenvalue weighted by molar-refractivity contribution is 0.825. The van der Waals surface area contributed by atoms with E-state index < -0.39 is 0 Å². The van der Waals surface area contributed by atoms with Gasteiger partial charge in [0.1, 0.15) is 5.52 Å². The predicted molar refractivity (Wildman–Crippen MR) is 71.0 cm³/mol. The molecule has 0 atom stereocenters. The molecule has 1 aromatic heterocycles. The van der Waals surface area contributed by atoms with E-state index in [1.54, 1.807) is 4.68 Å². The van der Waals surface area contributed by atoms with Crippen molar-refractivity contribution in [3.8, 4) is 5.69 Å². The Labute approximate surface area is 106 Å². The first-order valence-corrected chi connectivity index (χ1v) is 5.91. The maximum Gasteiger partial charge on any atom is 0.113 e. The third kappa shape index (κ3) is 1.68. The van der Waals surface area contributed by atoms with E-state index in [-0.39, 0.29) is 0 Å². The Balaban J connectivity index is 2.27. The molecular formula is C12H9BrN4. The average molecular weight is 289 g/mol. The molecule has 0 unspecified atom stereocenters. The van der Waals surface area contributed by atoms with Crippen molar-refractivity contribution in [2.24, 2.45) is 0 Å². The van der Waals surface area contributed by atoms with Crippen molar-refractivity contribution in [1.82, 2.24) is 15.0 Å². The highest BCUT2D eigenvalue weighted by atomic mass is 79.9. The second-order valence-electron chi connectivity index (χ2n) is 3.69. The summed E-state index contributed by atoms with van der Waals surface area (Å²) in [6.45, 7) is 0. The molecule has 0 spiro atoms. The van der Waals surface area contributed by atoms with Crippen LogP contribution in [-0.4, -0.2) is 15.0 Å². The number of para-hydroxylation sites is 1. The number of fused-ring (bicyclic) bond motifs is 1. The molecule has 0 saturated heterocycles. The summed E-state index contributed by atoms with van der Waals surface area (Å²) < 4.78 is 2.69. The van der Waals surface area contributed by atoms with Crippen molar-refractivity contribution < 1.29 is 0 Å². The van der Waals surface area contributed by atoms with E-state index in [9.17, 15) is 0 Å². The van der Waals surface area contributed by atoms with Gasteiger partial charge in [-0.25, -0.2) is 4.68 Å². The summed E-state index contributed by atoms with van der Waals surface area (Å²) >= 11 is 3.38. The number of hydrogen-bond acceptors (Lipinski definition) is 3. The van der Waals surface area contributed by atoms with Crippen molar-refractivity contribution in [2.75, 3.05) is 5.73 Å². The van der Waals surface area contributed by atoms with E-state index in [0.717, 1.165) is 21.2 Å². The molecule has 0 aliphatic rings. The van der Waals surface area contributed by atoms with E-state index in [1.807, 2.05) is 42.5 Å². The zero-order valence-corrected chi connectivity index (χ0v) is 10.4. The third-order valence-corrected chi connectivity index (χ3v) is 3.06. The largest absolute Gasteiger partial charge is 0.397 e. The lowest BCUT2D eigenvalue weighted by Crippen LogP contribution is -2.01. The average Bonchev–Trinajstić information content (AvgIpc) is 2.73. The number of anilines is 1. The molecule has 0 radical (unpaired) electrons. The smallest absolute Gasteiger partial charge is 0.113 e. The molecule has 0 fully saturated rings. The van der Waals surface area contributed by atoms with Gasteiger partial charge in [0.2, 0.25) is 0 Å². The van der Waals surface area contributed by atoms with Crippen LogP contribution in [0.5, 0.6) is 0 Å². The number of hydrogen-bond donors (Lipinski definition) is 1. The Kier molecular flexibility index (Phi) is 2.33. The Morgan fingerprint density at radius 1 is 1.12 bits per heavy atom. The van der Waals surface area contributed by atoms with Gasteiger partial charge in [0.05, 0.1) is 16.9 Å². The lowest BCUT2D eigenvalue weighted by Gasteiger charge is -2.06. The first-order chi connectivity index (χ1) is 8.25. The van der Waals surface area contributed by atoms with Crippen LogP contribution in [-0.2, 0) is 0 Å². The van der Waals surface area contributed by atoms with Gasteiger partial charge in [0.15, 0.2) is 0 Å². The second kappa shape index (κ2) is 3.85. The van der Waals surface area contributed by atoms with Crippen LogP contribution in [0.1, 0.15) is 0 Å². The van der Waals surface area contributed by atoms with Gasteiger partial charge in [-0.2, -0.15) is 0 Å². The number of nitrogen functional groups attached to an aromatic ring is 1. The number of aromatic nitrogens is 3. The number of nitrogens with two attached hydrogens (primary N) is 1. The summed E-state index contributed by atoms with van der Waals surface area (Å²) in [5, 5.41) is 8.23. The maximum atomic E-state index is 5.99. The van der Waals surface area contributed by atoms with Crippen molar-refractivity contribution in [3.63, 3.8) is 0 Å². The number of rotatable bonds is 1. The molecule has 5 heteroatoms. The molecular weight excluding hydrogens is 280 g/mol. The Bertz CT molecular complexity index is 690. The normalized spacial score (nSPS) is 10.9. The second-order valence-corrected chi connectivity index (χ2v) is 4.61. The Morgan fingerprint density at radius 2 is 1.94 bits per heavy atom. The monoisotopic (exact) mass is 288 g/mol. The molecule has 3 aromatic rings. The molecule has 17 heavy (non-hydrogen) atoms. The molecule has 4 nitrogen and oxygen atoms in total. The number of halogens is 1. The van der Waals surface area contributed by atoms with Crippen molar-refractivity contribution >= 4 is 32.7 Å². The van der Waals surface area contributed by atoms with E-state index in [2.05, 4.69) is 26.2 Å². The molecule has 0 aliphatic carbocycles. The zero-order chi connectivity index (χ0) is 11.8. The van der Waals surface area contributed by atoms with Crippen LogP contribution in [0.2, 0.25) is 0 Å². The summed E-state index contributed by atoms with van der Waals surface area (Å²) in [5.74, 6) is 0. The quantitative estimate of drug-likeness (QED) is 0.701. The lowest BCUT2D eigenvalue weighted by atomic mass is 10.2. The van der Waals surface area contributed by atoms with Crippen LogP contribution >= 0.6 is 15.9 Å². The van der Waals surface area contributed by atoms with E-state index in [4.69, 9.17) is 5.73 Å². The van der Waals surface area contributed by atoms with E-state index in [1.165, 1.54) is 0 Å². The van der Waals surface area contributed by atoms with Crippen LogP contribution < -0.4 is 5.73 Å². The summed E-state index contributed by atoms with van der Waals surface area (Å²) in [6.07, 6.45) is 0. The van der Waals surface area contributed by atoms with Crippen LogP contribution in [0.4, 0.5) is 5.69 Å². The Hall–Kier alpha value is -1.88. The van der Waals surface area contributed by atoms with Gasteiger partial charge in [-0.15, -0.1) is 5.10 Å². The summed E-state index contributed by atoms with van der Waals surface area (Å²) in [7, 11) is 0. The maximum absolute atomic E-state index is 5.99. The molecule has 3 rings (SSSR count). The minimum absolute atomic E-state index is 0.662. The molecule has 2 N–H and O–H groups in total. The molecule has 2 aromatic carbocycles. The van der Waals surface area contributed by atoms with Crippen LogP contribution in [0.3, 0.4) is 0 Å². The van der Waals surface area contributed by atoms with Gasteiger partial charge in [0, 0.05) is 4.47 Å². The topological polar surface area (TPSA) is 56.7 Å². The third-order valence-electron chi connectivity index (χ3n) is 2.57. The van der Waals surface area contributed by atoms with Gasteiger partial charge in [-0.1, -0.05) is 33.3 Å². The van der Waals surface area contributed by atoms with Gasteiger partial charge >= 0.3 is 0 Å². The van der Waals surface area contributed by atoms with Crippen LogP contribution in [0, 0.1) is 0 Å². The highest BCUT2D eigenvalue weighted by Gasteiger charge is 2.08. The Morgan fingerprint density at radius 3 is 2.76 bits per heavy atom. The van der Waals surface area contributed by atoms with Crippen molar-refractivity contribution in [3.05, 3.63) is 46.9 Å². The predicted octanol–water partition coefficient (Wildman–Crippen LogP) is 2.77. The fourth-order valence-corrected chi connectivity index (χ4v) is 2.14. The highest BCUT2D eigenvalue weighted by molar-refractivity contribution is 9.10. The van der Waals surface area contributed by atoms with Crippen molar-refractivity contribution in [2.45, 2.75) is 0 Å². The summed E-state index contributed by atoms with van der Waals surface area (Å²) in [6, 6.07) is 13.5. The standard InChI is InChI=1S/C12H9BrN4/c13-8-5-6-11(9(14)7-8)17-12-4-2-1-3-10(12)15-16-17/h1-7H,14H2. The molecule has 0 amide bonds. The van der Waals surface area contributed by atoms with Crippen molar-refractivity contribution in [1.29, 1.82) is 0 Å². The minimum Gasteiger partial charge on any atom is -0.397 e. The van der Waals surface area contributed by atoms with E-state index in [0.29, 0.717) is 5.69 Å². The molecule has 0 saturated carbocycles. The van der Waals surface area contributed by atoms with Crippen LogP contribution in [0.25, 0.3) is 16.7 Å². The fourth-order valence-electron chi connectivity index (χ4n) is 1.77. The molecule has 0 bridgehead atoms. The number of benzene rings is 2.